The zero-order valence-electron chi connectivity index (χ0n) is 17.8. The van der Waals surface area contributed by atoms with Gasteiger partial charge in [0.25, 0.3) is 0 Å². The molecule has 31 heavy (non-hydrogen) atoms. The largest absolute Gasteiger partial charge is 0.486 e. The minimum atomic E-state index is -3.65. The van der Waals surface area contributed by atoms with E-state index < -0.39 is 10.0 Å². The molecule has 0 saturated carbocycles. The molecule has 2 aliphatic heterocycles. The van der Waals surface area contributed by atoms with Gasteiger partial charge in [0.1, 0.15) is 13.2 Å². The van der Waals surface area contributed by atoms with Crippen LogP contribution < -0.4 is 14.8 Å². The quantitative estimate of drug-likeness (QED) is 0.766. The van der Waals surface area contributed by atoms with Gasteiger partial charge in [-0.25, -0.2) is 8.42 Å². The Labute approximate surface area is 183 Å². The summed E-state index contributed by atoms with van der Waals surface area (Å²) in [6, 6.07) is 12.6. The molecule has 0 radical (unpaired) electrons. The lowest BCUT2D eigenvalue weighted by Gasteiger charge is -2.31. The topological polar surface area (TPSA) is 84.9 Å². The third-order valence-electron chi connectivity index (χ3n) is 5.99. The lowest BCUT2D eigenvalue weighted by molar-refractivity contribution is -0.126. The first kappa shape index (κ1) is 21.6. The van der Waals surface area contributed by atoms with Gasteiger partial charge in [-0.05, 0) is 49.9 Å². The molecular formula is C23H28N2O5S. The average Bonchev–Trinajstić information content (AvgIpc) is 2.79. The fraction of sp³-hybridized carbons (Fsp3) is 0.435. The molecule has 8 heteroatoms. The molecule has 1 N–H and O–H groups in total. The van der Waals surface area contributed by atoms with E-state index in [1.54, 1.807) is 12.1 Å². The number of carbonyl (C=O) groups excluding carboxylic acids is 1. The summed E-state index contributed by atoms with van der Waals surface area (Å²) in [5.41, 5.74) is 2.23. The van der Waals surface area contributed by atoms with E-state index in [4.69, 9.17) is 9.47 Å². The van der Waals surface area contributed by atoms with Crippen molar-refractivity contribution in [2.45, 2.75) is 37.6 Å². The van der Waals surface area contributed by atoms with Crippen LogP contribution in [0.4, 0.5) is 0 Å². The summed E-state index contributed by atoms with van der Waals surface area (Å²) in [5.74, 6) is 0.792. The Bertz CT molecular complexity index is 1060. The highest BCUT2D eigenvalue weighted by molar-refractivity contribution is 7.89. The molecule has 166 valence electrons. The van der Waals surface area contributed by atoms with Crippen molar-refractivity contribution in [3.8, 4) is 11.5 Å². The molecule has 4 rings (SSSR count). The van der Waals surface area contributed by atoms with Gasteiger partial charge in [0.15, 0.2) is 11.5 Å². The van der Waals surface area contributed by atoms with E-state index in [0.717, 1.165) is 11.1 Å². The SMILES string of the molecule is Cc1ccccc1[C@@H](C)NC(=O)C1CCN(S(=O)(=O)c2ccc3c(c2)OCCO3)CC1. The zero-order chi connectivity index (χ0) is 22.0. The predicted octanol–water partition coefficient (Wildman–Crippen LogP) is 3.04. The number of piperidine rings is 1. The first-order valence-corrected chi connectivity index (χ1v) is 12.1. The molecule has 0 aliphatic carbocycles. The van der Waals surface area contributed by atoms with Gasteiger partial charge in [0.05, 0.1) is 10.9 Å². The van der Waals surface area contributed by atoms with E-state index in [1.807, 2.05) is 38.1 Å². The molecule has 0 unspecified atom stereocenters. The molecule has 2 aromatic carbocycles. The van der Waals surface area contributed by atoms with Gasteiger partial charge < -0.3 is 14.8 Å². The van der Waals surface area contributed by atoms with Gasteiger partial charge in [-0.1, -0.05) is 24.3 Å². The Morgan fingerprint density at radius 1 is 1.06 bits per heavy atom. The molecule has 2 aliphatic rings. The van der Waals surface area contributed by atoms with Crippen molar-refractivity contribution in [2.24, 2.45) is 5.92 Å². The van der Waals surface area contributed by atoms with Crippen LogP contribution >= 0.6 is 0 Å². The summed E-state index contributed by atoms with van der Waals surface area (Å²) >= 11 is 0. The maximum Gasteiger partial charge on any atom is 0.243 e. The highest BCUT2D eigenvalue weighted by Crippen LogP contribution is 2.34. The molecule has 1 atom stereocenters. The third kappa shape index (κ3) is 4.55. The number of hydrogen-bond donors (Lipinski definition) is 1. The summed E-state index contributed by atoms with van der Waals surface area (Å²) in [5, 5.41) is 3.09. The average molecular weight is 445 g/mol. The Morgan fingerprint density at radius 3 is 2.45 bits per heavy atom. The monoisotopic (exact) mass is 444 g/mol. The Morgan fingerprint density at radius 2 is 1.74 bits per heavy atom. The summed E-state index contributed by atoms with van der Waals surface area (Å²) in [6.07, 6.45) is 0.992. The lowest BCUT2D eigenvalue weighted by atomic mass is 9.96. The van der Waals surface area contributed by atoms with Crippen LogP contribution in [-0.4, -0.2) is 44.9 Å². The van der Waals surface area contributed by atoms with Gasteiger partial charge >= 0.3 is 0 Å². The van der Waals surface area contributed by atoms with Crippen LogP contribution in [0, 0.1) is 12.8 Å². The van der Waals surface area contributed by atoms with E-state index in [9.17, 15) is 13.2 Å². The first-order valence-electron chi connectivity index (χ1n) is 10.6. The summed E-state index contributed by atoms with van der Waals surface area (Å²) < 4.78 is 38.6. The molecule has 2 heterocycles. The number of hydrogen-bond acceptors (Lipinski definition) is 5. The van der Waals surface area contributed by atoms with Crippen molar-refractivity contribution in [1.82, 2.24) is 9.62 Å². The smallest absolute Gasteiger partial charge is 0.243 e. The molecule has 1 saturated heterocycles. The molecule has 0 bridgehead atoms. The molecule has 0 aromatic heterocycles. The number of fused-ring (bicyclic) bond motifs is 1. The predicted molar refractivity (Wildman–Crippen MR) is 117 cm³/mol. The maximum absolute atomic E-state index is 13.1. The fourth-order valence-electron chi connectivity index (χ4n) is 4.17. The zero-order valence-corrected chi connectivity index (χ0v) is 18.7. The van der Waals surface area contributed by atoms with Crippen LogP contribution in [-0.2, 0) is 14.8 Å². The van der Waals surface area contributed by atoms with Crippen LogP contribution in [0.15, 0.2) is 47.4 Å². The van der Waals surface area contributed by atoms with Crippen molar-refractivity contribution < 1.29 is 22.7 Å². The number of ether oxygens (including phenoxy) is 2. The standard InChI is InChI=1S/C23H28N2O5S/c1-16-5-3-4-6-20(16)17(2)24-23(26)18-9-11-25(12-10-18)31(27,28)19-7-8-21-22(15-19)30-14-13-29-21/h3-8,15,17-18H,9-14H2,1-2H3,(H,24,26)/t17-/m1/s1. The highest BCUT2D eigenvalue weighted by Gasteiger charge is 2.33. The minimum absolute atomic E-state index is 0.0212. The van der Waals surface area contributed by atoms with Crippen molar-refractivity contribution >= 4 is 15.9 Å². The summed E-state index contributed by atoms with van der Waals surface area (Å²) in [7, 11) is -3.65. The second kappa shape index (κ2) is 8.88. The second-order valence-electron chi connectivity index (χ2n) is 8.07. The van der Waals surface area contributed by atoms with Crippen LogP contribution in [0.1, 0.15) is 36.9 Å². The highest BCUT2D eigenvalue weighted by atomic mass is 32.2. The van der Waals surface area contributed by atoms with E-state index >= 15 is 0 Å². The summed E-state index contributed by atoms with van der Waals surface area (Å²) in [6.45, 7) is 5.48. The van der Waals surface area contributed by atoms with Gasteiger partial charge in [0.2, 0.25) is 15.9 Å². The number of amides is 1. The van der Waals surface area contributed by atoms with E-state index in [1.165, 1.54) is 10.4 Å². The number of nitrogens with zero attached hydrogens (tertiary/aromatic N) is 1. The number of benzene rings is 2. The fourth-order valence-corrected chi connectivity index (χ4v) is 5.66. The molecule has 7 nitrogen and oxygen atoms in total. The van der Waals surface area contributed by atoms with Crippen LogP contribution in [0.3, 0.4) is 0 Å². The van der Waals surface area contributed by atoms with Crippen molar-refractivity contribution in [3.05, 3.63) is 53.6 Å². The number of carbonyl (C=O) groups is 1. The van der Waals surface area contributed by atoms with E-state index in [0.29, 0.717) is 50.6 Å². The number of aryl methyl sites for hydroxylation is 1. The van der Waals surface area contributed by atoms with Gasteiger partial charge in [-0.3, -0.25) is 4.79 Å². The number of nitrogens with one attached hydrogen (secondary N) is 1. The van der Waals surface area contributed by atoms with Gasteiger partial charge in [-0.15, -0.1) is 0 Å². The molecule has 1 fully saturated rings. The van der Waals surface area contributed by atoms with Crippen LogP contribution in [0.25, 0.3) is 0 Å². The lowest BCUT2D eigenvalue weighted by Crippen LogP contribution is -2.43. The molecule has 2 aromatic rings. The van der Waals surface area contributed by atoms with Crippen LogP contribution in [0.5, 0.6) is 11.5 Å². The third-order valence-corrected chi connectivity index (χ3v) is 7.88. The first-order chi connectivity index (χ1) is 14.9. The molecule has 0 spiro atoms. The van der Waals surface area contributed by atoms with E-state index in [-0.39, 0.29) is 22.8 Å². The van der Waals surface area contributed by atoms with Gasteiger partial charge in [0, 0.05) is 25.1 Å². The van der Waals surface area contributed by atoms with Crippen molar-refractivity contribution in [2.75, 3.05) is 26.3 Å². The normalized spacial score (nSPS) is 18.4. The van der Waals surface area contributed by atoms with Crippen molar-refractivity contribution in [3.63, 3.8) is 0 Å². The maximum atomic E-state index is 13.1. The Hall–Kier alpha value is -2.58. The molecule has 1 amide bonds. The Balaban J connectivity index is 1.38. The number of rotatable bonds is 5. The Kier molecular flexibility index (Phi) is 6.20. The minimum Gasteiger partial charge on any atom is -0.486 e. The molecular weight excluding hydrogens is 416 g/mol. The second-order valence-corrected chi connectivity index (χ2v) is 10.0. The summed E-state index contributed by atoms with van der Waals surface area (Å²) in [4.78, 5) is 13.0. The van der Waals surface area contributed by atoms with Crippen molar-refractivity contribution in [1.29, 1.82) is 0 Å². The number of sulfonamides is 1. The van der Waals surface area contributed by atoms with E-state index in [2.05, 4.69) is 5.32 Å². The van der Waals surface area contributed by atoms with Gasteiger partial charge in [-0.2, -0.15) is 4.31 Å². The van der Waals surface area contributed by atoms with Crippen LogP contribution in [0.2, 0.25) is 0 Å².